The van der Waals surface area contributed by atoms with Crippen LogP contribution in [-0.4, -0.2) is 48.0 Å². The molecule has 0 bridgehead atoms. The van der Waals surface area contributed by atoms with Crippen LogP contribution in [0.15, 0.2) is 6.20 Å². The zero-order valence-corrected chi connectivity index (χ0v) is 12.4. The molecule has 6 heteroatoms. The van der Waals surface area contributed by atoms with E-state index in [1.165, 1.54) is 0 Å². The summed E-state index contributed by atoms with van der Waals surface area (Å²) in [6.45, 7) is 10.1. The molecule has 6 nitrogen and oxygen atoms in total. The van der Waals surface area contributed by atoms with Crippen LogP contribution in [0.1, 0.15) is 26.5 Å². The highest BCUT2D eigenvalue weighted by molar-refractivity contribution is 4.91. The van der Waals surface area contributed by atoms with Crippen LogP contribution >= 0.6 is 0 Å². The number of aromatic nitrogens is 3. The van der Waals surface area contributed by atoms with E-state index in [-0.39, 0.29) is 6.10 Å². The van der Waals surface area contributed by atoms with E-state index in [0.717, 1.165) is 18.8 Å². The first-order chi connectivity index (χ1) is 9.11. The topological polar surface area (TPSA) is 61.2 Å². The van der Waals surface area contributed by atoms with Crippen LogP contribution in [0, 0.1) is 5.92 Å². The van der Waals surface area contributed by atoms with E-state index in [2.05, 4.69) is 29.5 Å². The summed E-state index contributed by atoms with van der Waals surface area (Å²) in [7, 11) is 1.67. The summed E-state index contributed by atoms with van der Waals surface area (Å²) in [6.07, 6.45) is 2.07. The number of nitrogens with zero attached hydrogens (tertiary/aromatic N) is 3. The minimum atomic E-state index is 0.112. The van der Waals surface area contributed by atoms with Gasteiger partial charge < -0.3 is 14.8 Å². The number of hydrogen-bond acceptors (Lipinski definition) is 5. The maximum absolute atomic E-state index is 5.58. The molecule has 1 atom stereocenters. The van der Waals surface area contributed by atoms with E-state index in [9.17, 15) is 0 Å². The Morgan fingerprint density at radius 3 is 2.84 bits per heavy atom. The fourth-order valence-corrected chi connectivity index (χ4v) is 1.65. The largest absolute Gasteiger partial charge is 0.382 e. The van der Waals surface area contributed by atoms with Crippen LogP contribution in [-0.2, 0) is 22.6 Å². The lowest BCUT2D eigenvalue weighted by Gasteiger charge is -2.11. The quantitative estimate of drug-likeness (QED) is 0.689. The number of hydrogen-bond donors (Lipinski definition) is 1. The van der Waals surface area contributed by atoms with Gasteiger partial charge in [-0.15, -0.1) is 5.10 Å². The van der Waals surface area contributed by atoms with Gasteiger partial charge in [-0.1, -0.05) is 19.1 Å². The predicted octanol–water partition coefficient (Wildman–Crippen LogP) is 1.08. The Hall–Kier alpha value is -0.980. The molecule has 0 aliphatic rings. The van der Waals surface area contributed by atoms with E-state index in [1.807, 2.05) is 17.8 Å². The monoisotopic (exact) mass is 270 g/mol. The van der Waals surface area contributed by atoms with Crippen molar-refractivity contribution < 1.29 is 9.47 Å². The maximum atomic E-state index is 5.58. The molecule has 0 radical (unpaired) electrons. The Balaban J connectivity index is 2.19. The molecular weight excluding hydrogens is 244 g/mol. The Bertz CT molecular complexity index is 341. The highest BCUT2D eigenvalue weighted by Gasteiger charge is 2.03. The third kappa shape index (κ3) is 7.25. The number of methoxy groups -OCH3 is 1. The molecule has 0 fully saturated rings. The Morgan fingerprint density at radius 1 is 1.37 bits per heavy atom. The molecule has 0 saturated heterocycles. The Kier molecular flexibility index (Phi) is 7.62. The third-order valence-electron chi connectivity index (χ3n) is 2.57. The van der Waals surface area contributed by atoms with Crippen molar-refractivity contribution >= 4 is 0 Å². The van der Waals surface area contributed by atoms with Crippen molar-refractivity contribution in [3.05, 3.63) is 11.9 Å². The molecule has 1 N–H and O–H groups in total. The Morgan fingerprint density at radius 2 is 2.16 bits per heavy atom. The molecule has 0 aliphatic carbocycles. The standard InChI is InChI=1S/C13H26N4O2/c1-11(2)7-14-8-13-9-17(16-15-13)5-6-19-12(3)10-18-4/h9,11-12,14H,5-8,10H2,1-4H3. The summed E-state index contributed by atoms with van der Waals surface area (Å²) in [5.74, 6) is 0.644. The van der Waals surface area contributed by atoms with Crippen LogP contribution < -0.4 is 5.32 Å². The maximum Gasteiger partial charge on any atom is 0.0964 e. The van der Waals surface area contributed by atoms with Gasteiger partial charge in [0.15, 0.2) is 0 Å². The number of rotatable bonds is 10. The predicted molar refractivity (Wildman–Crippen MR) is 73.9 cm³/mol. The average molecular weight is 270 g/mol. The van der Waals surface area contributed by atoms with Crippen molar-refractivity contribution in [2.75, 3.05) is 26.9 Å². The van der Waals surface area contributed by atoms with Gasteiger partial charge in [-0.3, -0.25) is 0 Å². The van der Waals surface area contributed by atoms with E-state index in [1.54, 1.807) is 7.11 Å². The van der Waals surface area contributed by atoms with Gasteiger partial charge in [-0.05, 0) is 19.4 Å². The van der Waals surface area contributed by atoms with E-state index in [4.69, 9.17) is 9.47 Å². The Labute approximate surface area is 115 Å². The molecule has 1 rings (SSSR count). The highest BCUT2D eigenvalue weighted by Crippen LogP contribution is 1.96. The lowest BCUT2D eigenvalue weighted by Crippen LogP contribution is -2.19. The zero-order valence-electron chi connectivity index (χ0n) is 12.4. The molecule has 0 spiro atoms. The summed E-state index contributed by atoms with van der Waals surface area (Å²) in [4.78, 5) is 0. The summed E-state index contributed by atoms with van der Waals surface area (Å²) in [5.41, 5.74) is 0.964. The minimum absolute atomic E-state index is 0.112. The van der Waals surface area contributed by atoms with Crippen LogP contribution in [0.4, 0.5) is 0 Å². The van der Waals surface area contributed by atoms with E-state index < -0.39 is 0 Å². The van der Waals surface area contributed by atoms with Gasteiger partial charge in [-0.2, -0.15) is 0 Å². The van der Waals surface area contributed by atoms with Crippen molar-refractivity contribution in [3.63, 3.8) is 0 Å². The summed E-state index contributed by atoms with van der Waals surface area (Å²) in [6, 6.07) is 0. The van der Waals surface area contributed by atoms with E-state index >= 15 is 0 Å². The average Bonchev–Trinajstić information content (AvgIpc) is 2.77. The second kappa shape index (κ2) is 9.01. The smallest absolute Gasteiger partial charge is 0.0964 e. The second-order valence-corrected chi connectivity index (χ2v) is 5.13. The molecule has 1 heterocycles. The first-order valence-corrected chi connectivity index (χ1v) is 6.82. The van der Waals surface area contributed by atoms with Crippen molar-refractivity contribution in [2.24, 2.45) is 5.92 Å². The minimum Gasteiger partial charge on any atom is -0.382 e. The van der Waals surface area contributed by atoms with Gasteiger partial charge in [-0.25, -0.2) is 4.68 Å². The number of ether oxygens (including phenoxy) is 2. The normalized spacial score (nSPS) is 13.1. The first kappa shape index (κ1) is 16.1. The molecule has 1 aromatic heterocycles. The van der Waals surface area contributed by atoms with Gasteiger partial charge >= 0.3 is 0 Å². The molecule has 19 heavy (non-hydrogen) atoms. The summed E-state index contributed by atoms with van der Waals surface area (Å²) >= 11 is 0. The van der Waals surface area contributed by atoms with Gasteiger partial charge in [0.25, 0.3) is 0 Å². The molecule has 1 aromatic rings. The molecule has 1 unspecified atom stereocenters. The summed E-state index contributed by atoms with van der Waals surface area (Å²) in [5, 5.41) is 11.5. The fourth-order valence-electron chi connectivity index (χ4n) is 1.65. The summed E-state index contributed by atoms with van der Waals surface area (Å²) < 4.78 is 12.4. The van der Waals surface area contributed by atoms with Crippen LogP contribution in [0.3, 0.4) is 0 Å². The molecule has 110 valence electrons. The fraction of sp³-hybridized carbons (Fsp3) is 0.846. The molecule has 0 amide bonds. The first-order valence-electron chi connectivity index (χ1n) is 6.82. The van der Waals surface area contributed by atoms with Crippen molar-refractivity contribution in [1.29, 1.82) is 0 Å². The van der Waals surface area contributed by atoms with Gasteiger partial charge in [0.05, 0.1) is 31.6 Å². The van der Waals surface area contributed by atoms with Gasteiger partial charge in [0, 0.05) is 19.9 Å². The zero-order chi connectivity index (χ0) is 14.1. The number of nitrogens with one attached hydrogen (secondary N) is 1. The second-order valence-electron chi connectivity index (χ2n) is 5.13. The van der Waals surface area contributed by atoms with Crippen molar-refractivity contribution in [1.82, 2.24) is 20.3 Å². The molecule has 0 saturated carbocycles. The SMILES string of the molecule is COCC(C)OCCn1cc(CNCC(C)C)nn1. The highest BCUT2D eigenvalue weighted by atomic mass is 16.5. The molecular formula is C13H26N4O2. The van der Waals surface area contributed by atoms with Crippen molar-refractivity contribution in [3.8, 4) is 0 Å². The van der Waals surface area contributed by atoms with Crippen LogP contribution in [0.2, 0.25) is 0 Å². The van der Waals surface area contributed by atoms with Gasteiger partial charge in [0.2, 0.25) is 0 Å². The van der Waals surface area contributed by atoms with Gasteiger partial charge in [0.1, 0.15) is 0 Å². The van der Waals surface area contributed by atoms with Crippen molar-refractivity contribution in [2.45, 2.75) is 40.0 Å². The van der Waals surface area contributed by atoms with Crippen LogP contribution in [0.25, 0.3) is 0 Å². The molecule has 0 aromatic carbocycles. The lowest BCUT2D eigenvalue weighted by atomic mass is 10.2. The lowest BCUT2D eigenvalue weighted by molar-refractivity contribution is 0.00494. The third-order valence-corrected chi connectivity index (χ3v) is 2.57. The molecule has 0 aliphatic heterocycles. The van der Waals surface area contributed by atoms with E-state index in [0.29, 0.717) is 25.7 Å². The van der Waals surface area contributed by atoms with Crippen LogP contribution in [0.5, 0.6) is 0 Å².